The molecule has 1 aromatic carbocycles. The average Bonchev–Trinajstić information content (AvgIpc) is 3.18. The molecule has 0 bridgehead atoms. The van der Waals surface area contributed by atoms with Crippen LogP contribution < -0.4 is 5.73 Å². The summed E-state index contributed by atoms with van der Waals surface area (Å²) in [6, 6.07) is 7.06. The van der Waals surface area contributed by atoms with Gasteiger partial charge in [0.05, 0.1) is 6.04 Å². The first-order chi connectivity index (χ1) is 9.63. The second-order valence-electron chi connectivity index (χ2n) is 6.15. The lowest BCUT2D eigenvalue weighted by Gasteiger charge is -2.31. The van der Waals surface area contributed by atoms with Crippen molar-refractivity contribution in [2.75, 3.05) is 13.1 Å². The number of piperidine rings is 1. The molecule has 1 aliphatic heterocycles. The van der Waals surface area contributed by atoms with E-state index in [0.717, 1.165) is 25.1 Å². The van der Waals surface area contributed by atoms with Crippen molar-refractivity contribution in [2.45, 2.75) is 38.1 Å². The molecule has 2 N–H and O–H groups in total. The molecule has 1 aliphatic carbocycles. The molecule has 0 radical (unpaired) electrons. The molecule has 0 aromatic heterocycles. The average molecular weight is 275 g/mol. The summed E-state index contributed by atoms with van der Waals surface area (Å²) in [5.41, 5.74) is 7.16. The van der Waals surface area contributed by atoms with Crippen molar-refractivity contribution in [3.05, 3.63) is 35.6 Å². The Hall–Kier alpha value is -1.58. The van der Waals surface area contributed by atoms with Crippen molar-refractivity contribution < 1.29 is 4.39 Å². The summed E-state index contributed by atoms with van der Waals surface area (Å²) in [6.45, 7) is 4.27. The lowest BCUT2D eigenvalue weighted by atomic mass is 10.0. The fourth-order valence-corrected chi connectivity index (χ4v) is 3.07. The summed E-state index contributed by atoms with van der Waals surface area (Å²) < 4.78 is 13.2. The number of benzene rings is 1. The van der Waals surface area contributed by atoms with Crippen LogP contribution in [0, 0.1) is 11.7 Å². The Kier molecular flexibility index (Phi) is 3.64. The minimum absolute atomic E-state index is 0.171. The minimum atomic E-state index is -0.171. The van der Waals surface area contributed by atoms with Crippen LogP contribution in [0.1, 0.15) is 37.7 Å². The summed E-state index contributed by atoms with van der Waals surface area (Å²) in [5, 5.41) is 0. The zero-order valence-corrected chi connectivity index (χ0v) is 11.9. The summed E-state index contributed by atoms with van der Waals surface area (Å²) in [7, 11) is 0. The third-order valence-electron chi connectivity index (χ3n) is 4.31. The van der Waals surface area contributed by atoms with Gasteiger partial charge in [0, 0.05) is 19.0 Å². The van der Waals surface area contributed by atoms with Crippen molar-refractivity contribution in [2.24, 2.45) is 16.6 Å². The number of hydrogen-bond donors (Lipinski definition) is 1. The Balaban J connectivity index is 1.63. The van der Waals surface area contributed by atoms with Gasteiger partial charge in [0.25, 0.3) is 0 Å². The standard InChI is InChI=1S/C16H22FN3/c1-11-4-3-7-20(10-11)16(18)19-15-9-14(15)12-5-2-6-13(17)8-12/h2,5-6,8,11,14-15H,3-4,7,9-10H2,1H3,(H2,18,19). The van der Waals surface area contributed by atoms with Gasteiger partial charge in [-0.05, 0) is 42.9 Å². The van der Waals surface area contributed by atoms with Gasteiger partial charge in [-0.2, -0.15) is 0 Å². The van der Waals surface area contributed by atoms with Crippen molar-refractivity contribution in [3.63, 3.8) is 0 Å². The van der Waals surface area contributed by atoms with E-state index >= 15 is 0 Å². The van der Waals surface area contributed by atoms with Gasteiger partial charge < -0.3 is 10.6 Å². The zero-order valence-electron chi connectivity index (χ0n) is 11.9. The van der Waals surface area contributed by atoms with E-state index in [-0.39, 0.29) is 11.9 Å². The molecule has 2 aliphatic rings. The SMILES string of the molecule is CC1CCCN(C(N)=NC2CC2c2cccc(F)c2)C1. The van der Waals surface area contributed by atoms with Crippen molar-refractivity contribution in [3.8, 4) is 0 Å². The van der Waals surface area contributed by atoms with Crippen LogP contribution in [0.2, 0.25) is 0 Å². The second-order valence-corrected chi connectivity index (χ2v) is 6.15. The lowest BCUT2D eigenvalue weighted by Crippen LogP contribution is -2.43. The zero-order chi connectivity index (χ0) is 14.1. The van der Waals surface area contributed by atoms with Crippen LogP contribution in [0.3, 0.4) is 0 Å². The predicted molar refractivity (Wildman–Crippen MR) is 79.1 cm³/mol. The van der Waals surface area contributed by atoms with Crippen molar-refractivity contribution in [1.29, 1.82) is 0 Å². The van der Waals surface area contributed by atoms with E-state index in [0.29, 0.717) is 17.8 Å². The molecule has 3 unspecified atom stereocenters. The third kappa shape index (κ3) is 2.94. The summed E-state index contributed by atoms with van der Waals surface area (Å²) in [6.07, 6.45) is 3.45. The van der Waals surface area contributed by atoms with Gasteiger partial charge >= 0.3 is 0 Å². The fraction of sp³-hybridized carbons (Fsp3) is 0.562. The van der Waals surface area contributed by atoms with Gasteiger partial charge in [0.15, 0.2) is 5.96 Å². The van der Waals surface area contributed by atoms with Crippen molar-refractivity contribution >= 4 is 5.96 Å². The first kappa shape index (κ1) is 13.4. The van der Waals surface area contributed by atoms with E-state index in [2.05, 4.69) is 16.8 Å². The van der Waals surface area contributed by atoms with Crippen LogP contribution >= 0.6 is 0 Å². The molecule has 1 saturated heterocycles. The first-order valence-corrected chi connectivity index (χ1v) is 7.47. The molecule has 20 heavy (non-hydrogen) atoms. The Morgan fingerprint density at radius 3 is 3.05 bits per heavy atom. The predicted octanol–water partition coefficient (Wildman–Crippen LogP) is 2.73. The number of halogens is 1. The number of rotatable bonds is 2. The van der Waals surface area contributed by atoms with E-state index < -0.39 is 0 Å². The highest BCUT2D eigenvalue weighted by Crippen LogP contribution is 2.43. The molecule has 0 amide bonds. The number of likely N-dealkylation sites (tertiary alicyclic amines) is 1. The van der Waals surface area contributed by atoms with E-state index in [1.807, 2.05) is 6.07 Å². The van der Waals surface area contributed by atoms with E-state index in [9.17, 15) is 4.39 Å². The Labute approximate surface area is 119 Å². The first-order valence-electron chi connectivity index (χ1n) is 7.47. The quantitative estimate of drug-likeness (QED) is 0.666. The number of guanidine groups is 1. The molecule has 4 heteroatoms. The number of hydrogen-bond acceptors (Lipinski definition) is 1. The normalized spacial score (nSPS) is 30.4. The van der Waals surface area contributed by atoms with Gasteiger partial charge in [0.1, 0.15) is 5.82 Å². The van der Waals surface area contributed by atoms with Crippen LogP contribution in [0.5, 0.6) is 0 Å². The highest BCUT2D eigenvalue weighted by Gasteiger charge is 2.39. The molecule has 3 atom stereocenters. The molecule has 3 nitrogen and oxygen atoms in total. The maximum absolute atomic E-state index is 13.2. The number of aliphatic imine (C=N–C) groups is 1. The molecule has 1 aromatic rings. The van der Waals surface area contributed by atoms with Crippen LogP contribution in [-0.2, 0) is 0 Å². The van der Waals surface area contributed by atoms with Gasteiger partial charge in [-0.3, -0.25) is 0 Å². The monoisotopic (exact) mass is 275 g/mol. The van der Waals surface area contributed by atoms with Crippen LogP contribution in [0.4, 0.5) is 4.39 Å². The highest BCUT2D eigenvalue weighted by atomic mass is 19.1. The lowest BCUT2D eigenvalue weighted by molar-refractivity contribution is 0.270. The topological polar surface area (TPSA) is 41.6 Å². The summed E-state index contributed by atoms with van der Waals surface area (Å²) in [5.74, 6) is 1.53. The molecular weight excluding hydrogens is 253 g/mol. The maximum atomic E-state index is 13.2. The third-order valence-corrected chi connectivity index (χ3v) is 4.31. The molecule has 1 saturated carbocycles. The van der Waals surface area contributed by atoms with Gasteiger partial charge in [0.2, 0.25) is 0 Å². The summed E-state index contributed by atoms with van der Waals surface area (Å²) >= 11 is 0. The molecule has 3 rings (SSSR count). The minimum Gasteiger partial charge on any atom is -0.370 e. The fourth-order valence-electron chi connectivity index (χ4n) is 3.07. The van der Waals surface area contributed by atoms with Crippen LogP contribution in [0.25, 0.3) is 0 Å². The van der Waals surface area contributed by atoms with E-state index in [4.69, 9.17) is 5.73 Å². The molecule has 108 valence electrons. The second kappa shape index (κ2) is 5.43. The number of nitrogens with two attached hydrogens (primary N) is 1. The van der Waals surface area contributed by atoms with Crippen LogP contribution in [0.15, 0.2) is 29.3 Å². The van der Waals surface area contributed by atoms with E-state index in [1.54, 1.807) is 12.1 Å². The Morgan fingerprint density at radius 2 is 2.30 bits per heavy atom. The molecule has 0 spiro atoms. The molecule has 1 heterocycles. The Bertz CT molecular complexity index is 514. The van der Waals surface area contributed by atoms with Gasteiger partial charge in [-0.25, -0.2) is 9.38 Å². The summed E-state index contributed by atoms with van der Waals surface area (Å²) in [4.78, 5) is 6.82. The van der Waals surface area contributed by atoms with Gasteiger partial charge in [-0.1, -0.05) is 19.1 Å². The van der Waals surface area contributed by atoms with Crippen LogP contribution in [-0.4, -0.2) is 30.0 Å². The van der Waals surface area contributed by atoms with E-state index in [1.165, 1.54) is 18.9 Å². The Morgan fingerprint density at radius 1 is 1.45 bits per heavy atom. The molecule has 2 fully saturated rings. The maximum Gasteiger partial charge on any atom is 0.191 e. The largest absolute Gasteiger partial charge is 0.370 e. The smallest absolute Gasteiger partial charge is 0.191 e. The number of nitrogens with zero attached hydrogens (tertiary/aromatic N) is 2. The highest BCUT2D eigenvalue weighted by molar-refractivity contribution is 5.78. The van der Waals surface area contributed by atoms with Gasteiger partial charge in [-0.15, -0.1) is 0 Å². The molecular formula is C16H22FN3. The van der Waals surface area contributed by atoms with Crippen molar-refractivity contribution in [1.82, 2.24) is 4.90 Å².